The summed E-state index contributed by atoms with van der Waals surface area (Å²) in [7, 11) is 0. The molecule has 5 aromatic rings. The summed E-state index contributed by atoms with van der Waals surface area (Å²) in [4.78, 5) is 42.1. The van der Waals surface area contributed by atoms with Gasteiger partial charge >= 0.3 is 0 Å². The normalized spacial score (nSPS) is 10.9. The molecule has 0 atom stereocenters. The second-order valence-electron chi connectivity index (χ2n) is 7.37. The highest BCUT2D eigenvalue weighted by Gasteiger charge is 2.13. The molecule has 0 aliphatic heterocycles. The number of hydrogen-bond donors (Lipinski definition) is 2. The highest BCUT2D eigenvalue weighted by Crippen LogP contribution is 2.20. The lowest BCUT2D eigenvalue weighted by atomic mass is 10.1. The molecule has 0 fully saturated rings. The van der Waals surface area contributed by atoms with Crippen molar-refractivity contribution in [1.82, 2.24) is 9.55 Å². The van der Waals surface area contributed by atoms with Gasteiger partial charge in [-0.2, -0.15) is 0 Å². The van der Waals surface area contributed by atoms with Gasteiger partial charge in [-0.1, -0.05) is 24.3 Å². The first kappa shape index (κ1) is 20.6. The van der Waals surface area contributed by atoms with Gasteiger partial charge in [0.05, 0.1) is 11.0 Å². The molecule has 162 valence electrons. The maximum atomic E-state index is 12.9. The minimum Gasteiger partial charge on any atom is -0.331 e. The quantitative estimate of drug-likeness (QED) is 0.382. The van der Waals surface area contributed by atoms with Gasteiger partial charge in [-0.05, 0) is 48.5 Å². The first-order valence-electron chi connectivity index (χ1n) is 10.2. The van der Waals surface area contributed by atoms with Crippen LogP contribution in [0.4, 0.5) is 10.8 Å². The number of pyridine rings is 1. The first-order valence-corrected chi connectivity index (χ1v) is 11.1. The maximum Gasteiger partial charge on any atom is 0.257 e. The fourth-order valence-electron chi connectivity index (χ4n) is 3.75. The summed E-state index contributed by atoms with van der Waals surface area (Å²) in [6, 6.07) is 21.2. The molecule has 0 saturated heterocycles. The summed E-state index contributed by atoms with van der Waals surface area (Å²) in [5.41, 5.74) is 2.38. The standard InChI is InChI=1S/C25H18N4O3S/c30-22(27-17-11-9-16(10-12-17)24(32)28-25-26-13-14-33-25)15-29-20-7-3-1-5-18(20)23(31)19-6-2-4-8-21(19)29/h1-14H,15H2,(H,27,30)(H,26,28,32). The number of anilines is 2. The lowest BCUT2D eigenvalue weighted by Crippen LogP contribution is -2.21. The van der Waals surface area contributed by atoms with Crippen LogP contribution in [-0.2, 0) is 11.3 Å². The Labute approximate surface area is 192 Å². The van der Waals surface area contributed by atoms with Crippen molar-refractivity contribution in [2.75, 3.05) is 10.6 Å². The third-order valence-corrected chi connectivity index (χ3v) is 5.95. The largest absolute Gasteiger partial charge is 0.331 e. The summed E-state index contributed by atoms with van der Waals surface area (Å²) in [6.45, 7) is 0.0353. The van der Waals surface area contributed by atoms with Gasteiger partial charge in [0.1, 0.15) is 6.54 Å². The summed E-state index contributed by atoms with van der Waals surface area (Å²) in [6.07, 6.45) is 1.62. The first-order chi connectivity index (χ1) is 16.1. The Morgan fingerprint density at radius 3 is 2.09 bits per heavy atom. The number of para-hydroxylation sites is 2. The summed E-state index contributed by atoms with van der Waals surface area (Å²) >= 11 is 1.34. The van der Waals surface area contributed by atoms with Crippen molar-refractivity contribution in [2.45, 2.75) is 6.54 Å². The van der Waals surface area contributed by atoms with Crippen LogP contribution in [-0.4, -0.2) is 21.4 Å². The van der Waals surface area contributed by atoms with E-state index in [4.69, 9.17) is 0 Å². The van der Waals surface area contributed by atoms with Gasteiger partial charge in [0, 0.05) is 33.6 Å². The summed E-state index contributed by atoms with van der Waals surface area (Å²) < 4.78 is 1.84. The number of nitrogens with one attached hydrogen (secondary N) is 2. The number of hydrogen-bond acceptors (Lipinski definition) is 5. The van der Waals surface area contributed by atoms with Crippen LogP contribution in [0.2, 0.25) is 0 Å². The van der Waals surface area contributed by atoms with Gasteiger partial charge < -0.3 is 9.88 Å². The summed E-state index contributed by atoms with van der Waals surface area (Å²) in [5, 5.41) is 9.03. The zero-order valence-corrected chi connectivity index (χ0v) is 18.1. The second-order valence-corrected chi connectivity index (χ2v) is 8.26. The third-order valence-electron chi connectivity index (χ3n) is 5.26. The highest BCUT2D eigenvalue weighted by atomic mass is 32.1. The van der Waals surface area contributed by atoms with Crippen LogP contribution in [0.5, 0.6) is 0 Å². The molecule has 7 nitrogen and oxygen atoms in total. The van der Waals surface area contributed by atoms with E-state index in [0.29, 0.717) is 38.2 Å². The fraction of sp³-hybridized carbons (Fsp3) is 0.0400. The molecule has 0 aliphatic carbocycles. The Morgan fingerprint density at radius 1 is 0.848 bits per heavy atom. The molecule has 0 spiro atoms. The Hall–Kier alpha value is -4.30. The molecule has 0 aliphatic rings. The van der Waals surface area contributed by atoms with Crippen molar-refractivity contribution < 1.29 is 9.59 Å². The smallest absolute Gasteiger partial charge is 0.257 e. The minimum atomic E-state index is -0.269. The third kappa shape index (κ3) is 4.11. The highest BCUT2D eigenvalue weighted by molar-refractivity contribution is 7.13. The van der Waals surface area contributed by atoms with Crippen LogP contribution in [0, 0.1) is 0 Å². The number of nitrogens with zero attached hydrogens (tertiary/aromatic N) is 2. The lowest BCUT2D eigenvalue weighted by molar-refractivity contribution is -0.116. The molecule has 0 radical (unpaired) electrons. The van der Waals surface area contributed by atoms with E-state index in [1.807, 2.05) is 41.0 Å². The maximum absolute atomic E-state index is 12.9. The molecule has 33 heavy (non-hydrogen) atoms. The predicted octanol–water partition coefficient (Wildman–Crippen LogP) is 4.50. The molecule has 5 rings (SSSR count). The molecule has 2 heterocycles. The molecule has 0 saturated carbocycles. The topological polar surface area (TPSA) is 93.1 Å². The van der Waals surface area contributed by atoms with E-state index in [9.17, 15) is 14.4 Å². The SMILES string of the molecule is O=C(Cn1c2ccccc2c(=O)c2ccccc21)Nc1ccc(C(=O)Nc2nccs2)cc1. The Morgan fingerprint density at radius 2 is 1.48 bits per heavy atom. The van der Waals surface area contributed by atoms with Crippen molar-refractivity contribution >= 4 is 55.8 Å². The molecule has 2 N–H and O–H groups in total. The zero-order chi connectivity index (χ0) is 22.8. The molecule has 3 aromatic carbocycles. The number of thiazole rings is 1. The van der Waals surface area contributed by atoms with E-state index < -0.39 is 0 Å². The van der Waals surface area contributed by atoms with Crippen molar-refractivity contribution in [3.05, 3.63) is 100 Å². The van der Waals surface area contributed by atoms with Crippen LogP contribution in [0.25, 0.3) is 21.8 Å². The number of amides is 2. The van der Waals surface area contributed by atoms with E-state index in [2.05, 4.69) is 15.6 Å². The summed E-state index contributed by atoms with van der Waals surface area (Å²) in [5.74, 6) is -0.511. The molecular weight excluding hydrogens is 436 g/mol. The van der Waals surface area contributed by atoms with Crippen LogP contribution in [0.1, 0.15) is 10.4 Å². The number of fused-ring (bicyclic) bond motifs is 2. The van der Waals surface area contributed by atoms with Gasteiger partial charge in [0.15, 0.2) is 10.6 Å². The van der Waals surface area contributed by atoms with Crippen LogP contribution >= 0.6 is 11.3 Å². The number of aromatic nitrogens is 2. The van der Waals surface area contributed by atoms with Crippen molar-refractivity contribution in [3.63, 3.8) is 0 Å². The van der Waals surface area contributed by atoms with Crippen molar-refractivity contribution in [3.8, 4) is 0 Å². The molecule has 0 unspecified atom stereocenters. The molecule has 2 amide bonds. The fourth-order valence-corrected chi connectivity index (χ4v) is 4.27. The van der Waals surface area contributed by atoms with E-state index in [-0.39, 0.29) is 23.8 Å². The molecule has 2 aromatic heterocycles. The van der Waals surface area contributed by atoms with E-state index in [0.717, 1.165) is 0 Å². The van der Waals surface area contributed by atoms with E-state index in [1.54, 1.807) is 48.0 Å². The van der Waals surface area contributed by atoms with Crippen LogP contribution in [0.3, 0.4) is 0 Å². The monoisotopic (exact) mass is 454 g/mol. The van der Waals surface area contributed by atoms with Crippen LogP contribution < -0.4 is 16.1 Å². The minimum absolute atomic E-state index is 0.0353. The Bertz CT molecular complexity index is 1480. The second kappa shape index (κ2) is 8.68. The average molecular weight is 455 g/mol. The number of benzene rings is 3. The van der Waals surface area contributed by atoms with Crippen LogP contribution in [0.15, 0.2) is 89.2 Å². The van der Waals surface area contributed by atoms with E-state index >= 15 is 0 Å². The van der Waals surface area contributed by atoms with Crippen molar-refractivity contribution in [2.24, 2.45) is 0 Å². The van der Waals surface area contributed by atoms with Gasteiger partial charge in [-0.25, -0.2) is 4.98 Å². The van der Waals surface area contributed by atoms with Gasteiger partial charge in [-0.3, -0.25) is 19.7 Å². The lowest BCUT2D eigenvalue weighted by Gasteiger charge is -2.15. The molecular formula is C25H18N4O3S. The van der Waals surface area contributed by atoms with Gasteiger partial charge in [0.25, 0.3) is 5.91 Å². The van der Waals surface area contributed by atoms with E-state index in [1.165, 1.54) is 11.3 Å². The van der Waals surface area contributed by atoms with Gasteiger partial charge in [-0.15, -0.1) is 11.3 Å². The number of rotatable bonds is 5. The predicted molar refractivity (Wildman–Crippen MR) is 131 cm³/mol. The Kier molecular flexibility index (Phi) is 5.42. The van der Waals surface area contributed by atoms with Crippen molar-refractivity contribution in [1.29, 1.82) is 0 Å². The Balaban J connectivity index is 1.38. The van der Waals surface area contributed by atoms with Gasteiger partial charge in [0.2, 0.25) is 5.91 Å². The molecule has 0 bridgehead atoms. The number of carbonyl (C=O) groups is 2. The number of carbonyl (C=O) groups excluding carboxylic acids is 2. The molecule has 8 heteroatoms. The zero-order valence-electron chi connectivity index (χ0n) is 17.3. The average Bonchev–Trinajstić information content (AvgIpc) is 3.35.